The van der Waals surface area contributed by atoms with E-state index in [0.29, 0.717) is 12.6 Å². The number of aryl methyl sites for hydroxylation is 1. The highest BCUT2D eigenvalue weighted by Gasteiger charge is 2.28. The van der Waals surface area contributed by atoms with Gasteiger partial charge in [-0.25, -0.2) is 0 Å². The van der Waals surface area contributed by atoms with Crippen molar-refractivity contribution in [2.45, 2.75) is 57.3 Å². The Bertz CT molecular complexity index is 707. The van der Waals surface area contributed by atoms with Crippen molar-refractivity contribution >= 4 is 5.91 Å². The smallest absolute Gasteiger partial charge is 0.241 e. The van der Waals surface area contributed by atoms with Crippen LogP contribution < -0.4 is 10.6 Å². The van der Waals surface area contributed by atoms with Crippen LogP contribution in [0.1, 0.15) is 48.9 Å². The molecule has 0 saturated heterocycles. The van der Waals surface area contributed by atoms with E-state index < -0.39 is 0 Å². The predicted octanol–water partition coefficient (Wildman–Crippen LogP) is 1.72. The second-order valence-corrected chi connectivity index (χ2v) is 6.65. The summed E-state index contributed by atoms with van der Waals surface area (Å²) in [5.41, 5.74) is 0.981. The van der Waals surface area contributed by atoms with Crippen molar-refractivity contribution in [1.29, 1.82) is 0 Å². The first-order chi connectivity index (χ1) is 11.8. The summed E-state index contributed by atoms with van der Waals surface area (Å²) in [6.07, 6.45) is 5.53. The van der Waals surface area contributed by atoms with Crippen molar-refractivity contribution in [2.24, 2.45) is 0 Å². The van der Waals surface area contributed by atoms with Crippen molar-refractivity contribution in [3.8, 4) is 0 Å². The van der Waals surface area contributed by atoms with E-state index in [-0.39, 0.29) is 11.9 Å². The molecule has 0 bridgehead atoms. The maximum absolute atomic E-state index is 12.6. The van der Waals surface area contributed by atoms with Gasteiger partial charge in [0.1, 0.15) is 17.7 Å². The molecule has 1 aliphatic carbocycles. The number of fused-ring (bicyclic) bond motifs is 1. The topological polar surface area (TPSA) is 71.8 Å². The first kappa shape index (κ1) is 15.3. The molecule has 1 amide bonds. The van der Waals surface area contributed by atoms with E-state index in [2.05, 4.69) is 25.4 Å². The molecular formula is C18H23N5O. The van der Waals surface area contributed by atoms with Crippen LogP contribution in [0, 0.1) is 0 Å². The molecule has 1 fully saturated rings. The van der Waals surface area contributed by atoms with Crippen LogP contribution in [-0.4, -0.2) is 26.7 Å². The Balaban J connectivity index is 1.49. The molecule has 4 rings (SSSR count). The van der Waals surface area contributed by atoms with Gasteiger partial charge in [-0.2, -0.15) is 0 Å². The molecular weight excluding hydrogens is 302 g/mol. The molecule has 1 atom stereocenters. The molecule has 1 aliphatic heterocycles. The number of benzene rings is 1. The summed E-state index contributed by atoms with van der Waals surface area (Å²) in [6.45, 7) is 1.52. The normalized spacial score (nSPS) is 18.0. The molecule has 2 heterocycles. The third-order valence-electron chi connectivity index (χ3n) is 4.72. The zero-order valence-electron chi connectivity index (χ0n) is 13.7. The SMILES string of the molecule is O=C(NC1CC1)[C@@H](NCc1nnc2n1CCCC2)c1ccccc1. The zero-order valence-corrected chi connectivity index (χ0v) is 13.7. The Labute approximate surface area is 141 Å². The largest absolute Gasteiger partial charge is 0.352 e. The number of rotatable bonds is 6. The van der Waals surface area contributed by atoms with E-state index in [1.807, 2.05) is 30.3 Å². The molecule has 2 N–H and O–H groups in total. The number of carbonyl (C=O) groups is 1. The van der Waals surface area contributed by atoms with Crippen LogP contribution in [-0.2, 0) is 24.3 Å². The number of carbonyl (C=O) groups excluding carboxylic acids is 1. The maximum Gasteiger partial charge on any atom is 0.241 e. The van der Waals surface area contributed by atoms with Crippen LogP contribution in [0.15, 0.2) is 30.3 Å². The van der Waals surface area contributed by atoms with E-state index in [4.69, 9.17) is 0 Å². The summed E-state index contributed by atoms with van der Waals surface area (Å²) in [7, 11) is 0. The second kappa shape index (κ2) is 6.73. The van der Waals surface area contributed by atoms with Gasteiger partial charge in [0.05, 0.1) is 6.54 Å². The summed E-state index contributed by atoms with van der Waals surface area (Å²) < 4.78 is 2.19. The Morgan fingerprint density at radius 2 is 2.04 bits per heavy atom. The molecule has 1 saturated carbocycles. The van der Waals surface area contributed by atoms with Gasteiger partial charge in [0, 0.05) is 19.0 Å². The molecule has 0 unspecified atom stereocenters. The first-order valence-electron chi connectivity index (χ1n) is 8.81. The number of nitrogens with zero attached hydrogens (tertiary/aromatic N) is 3. The fourth-order valence-electron chi connectivity index (χ4n) is 3.21. The predicted molar refractivity (Wildman–Crippen MR) is 90.1 cm³/mol. The average Bonchev–Trinajstić information content (AvgIpc) is 3.34. The van der Waals surface area contributed by atoms with Gasteiger partial charge >= 0.3 is 0 Å². The van der Waals surface area contributed by atoms with Crippen LogP contribution in [0.2, 0.25) is 0 Å². The zero-order chi connectivity index (χ0) is 16.4. The Kier molecular flexibility index (Phi) is 4.30. The van der Waals surface area contributed by atoms with Crippen LogP contribution >= 0.6 is 0 Å². The average molecular weight is 325 g/mol. The monoisotopic (exact) mass is 325 g/mol. The third kappa shape index (κ3) is 3.33. The maximum atomic E-state index is 12.6. The lowest BCUT2D eigenvalue weighted by molar-refractivity contribution is -0.123. The minimum Gasteiger partial charge on any atom is -0.352 e. The lowest BCUT2D eigenvalue weighted by Gasteiger charge is -2.20. The molecule has 6 heteroatoms. The fourth-order valence-corrected chi connectivity index (χ4v) is 3.21. The molecule has 6 nitrogen and oxygen atoms in total. The number of hydrogen-bond acceptors (Lipinski definition) is 4. The number of amides is 1. The van der Waals surface area contributed by atoms with Crippen molar-refractivity contribution < 1.29 is 4.79 Å². The van der Waals surface area contributed by atoms with Crippen LogP contribution in [0.4, 0.5) is 0 Å². The third-order valence-corrected chi connectivity index (χ3v) is 4.72. The molecule has 126 valence electrons. The lowest BCUT2D eigenvalue weighted by Crippen LogP contribution is -2.38. The molecule has 0 spiro atoms. The standard InChI is InChI=1S/C18H23N5O/c24-18(20-14-9-10-14)17(13-6-2-1-3-7-13)19-12-16-22-21-15-8-4-5-11-23(15)16/h1-3,6-7,14,17,19H,4-5,8-12H2,(H,20,24)/t17-/m0/s1. The van der Waals surface area contributed by atoms with Crippen LogP contribution in [0.5, 0.6) is 0 Å². The Morgan fingerprint density at radius 3 is 2.83 bits per heavy atom. The number of hydrogen-bond donors (Lipinski definition) is 2. The van der Waals surface area contributed by atoms with Gasteiger partial charge in [-0.05, 0) is 31.2 Å². The van der Waals surface area contributed by atoms with Gasteiger partial charge in [-0.1, -0.05) is 30.3 Å². The Morgan fingerprint density at radius 1 is 1.21 bits per heavy atom. The van der Waals surface area contributed by atoms with E-state index in [1.165, 1.54) is 12.8 Å². The summed E-state index contributed by atoms with van der Waals surface area (Å²) in [4.78, 5) is 12.6. The van der Waals surface area contributed by atoms with Crippen molar-refractivity contribution in [3.63, 3.8) is 0 Å². The van der Waals surface area contributed by atoms with Crippen molar-refractivity contribution in [2.75, 3.05) is 0 Å². The summed E-state index contributed by atoms with van der Waals surface area (Å²) >= 11 is 0. The van der Waals surface area contributed by atoms with Gasteiger partial charge in [0.15, 0.2) is 0 Å². The van der Waals surface area contributed by atoms with Crippen LogP contribution in [0.3, 0.4) is 0 Å². The minimum atomic E-state index is -0.358. The molecule has 2 aliphatic rings. The lowest BCUT2D eigenvalue weighted by atomic mass is 10.1. The minimum absolute atomic E-state index is 0.0436. The van der Waals surface area contributed by atoms with E-state index in [9.17, 15) is 4.79 Å². The molecule has 24 heavy (non-hydrogen) atoms. The van der Waals surface area contributed by atoms with Crippen molar-refractivity contribution in [1.82, 2.24) is 25.4 Å². The van der Waals surface area contributed by atoms with Gasteiger partial charge < -0.3 is 9.88 Å². The highest BCUT2D eigenvalue weighted by molar-refractivity contribution is 5.83. The van der Waals surface area contributed by atoms with E-state index in [1.54, 1.807) is 0 Å². The van der Waals surface area contributed by atoms with Crippen molar-refractivity contribution in [3.05, 3.63) is 47.5 Å². The molecule has 0 radical (unpaired) electrons. The fraction of sp³-hybridized carbons (Fsp3) is 0.500. The van der Waals surface area contributed by atoms with Gasteiger partial charge in [-0.15, -0.1) is 10.2 Å². The summed E-state index contributed by atoms with van der Waals surface area (Å²) in [5.74, 6) is 2.03. The van der Waals surface area contributed by atoms with Gasteiger partial charge in [-0.3, -0.25) is 10.1 Å². The number of nitrogens with one attached hydrogen (secondary N) is 2. The highest BCUT2D eigenvalue weighted by Crippen LogP contribution is 2.22. The molecule has 1 aromatic heterocycles. The van der Waals surface area contributed by atoms with E-state index >= 15 is 0 Å². The van der Waals surface area contributed by atoms with E-state index in [0.717, 1.165) is 43.0 Å². The molecule has 2 aromatic rings. The number of aromatic nitrogens is 3. The summed E-state index contributed by atoms with van der Waals surface area (Å²) in [5, 5.41) is 15.1. The van der Waals surface area contributed by atoms with Gasteiger partial charge in [0.25, 0.3) is 0 Å². The quantitative estimate of drug-likeness (QED) is 0.848. The second-order valence-electron chi connectivity index (χ2n) is 6.65. The van der Waals surface area contributed by atoms with Gasteiger partial charge in [0.2, 0.25) is 5.91 Å². The van der Waals surface area contributed by atoms with Crippen LogP contribution in [0.25, 0.3) is 0 Å². The molecule has 1 aromatic carbocycles. The first-order valence-corrected chi connectivity index (χ1v) is 8.81. The summed E-state index contributed by atoms with van der Waals surface area (Å²) in [6, 6.07) is 9.87. The Hall–Kier alpha value is -2.21. The highest BCUT2D eigenvalue weighted by atomic mass is 16.2.